The van der Waals surface area contributed by atoms with Crippen molar-refractivity contribution in [2.45, 2.75) is 0 Å². The van der Waals surface area contributed by atoms with Crippen LogP contribution in [-0.2, 0) is 8.64 Å². The van der Waals surface area contributed by atoms with E-state index < -0.39 is 7.82 Å². The van der Waals surface area contributed by atoms with E-state index in [1.165, 1.54) is 0 Å². The van der Waals surface area contributed by atoms with Crippen molar-refractivity contribution in [2.75, 3.05) is 0 Å². The molecule has 0 spiro atoms. The topological polar surface area (TPSA) is 79.7 Å². The summed E-state index contributed by atoms with van der Waals surface area (Å²) in [7, 11) is -4.38. The van der Waals surface area contributed by atoms with Crippen molar-refractivity contribution in [1.29, 1.82) is 0 Å². The van der Waals surface area contributed by atoms with Gasteiger partial charge in [-0.05, 0) is 12.1 Å². The second-order valence-electron chi connectivity index (χ2n) is 1.58. The van der Waals surface area contributed by atoms with Crippen molar-refractivity contribution in [3.63, 3.8) is 0 Å². The van der Waals surface area contributed by atoms with Crippen molar-refractivity contribution >= 4 is 19.7 Å². The second-order valence-corrected chi connectivity index (χ2v) is 3.12. The molecule has 7 heteroatoms. The van der Waals surface area contributed by atoms with E-state index in [9.17, 15) is 4.57 Å². The van der Waals surface area contributed by atoms with Crippen molar-refractivity contribution in [3.05, 3.63) is 30.6 Å². The van der Waals surface area contributed by atoms with Crippen LogP contribution >= 0.6 is 19.7 Å². The molecule has 0 aromatic carbocycles. The third kappa shape index (κ3) is 9.55. The molecule has 0 amide bonds. The molecule has 68 valence electrons. The molecule has 1 rings (SSSR count). The van der Waals surface area contributed by atoms with E-state index >= 15 is 0 Å². The Kier molecular flexibility index (Phi) is 5.88. The number of hydrogen-bond donors (Lipinski definition) is 2. The molecule has 0 fully saturated rings. The number of phosphoric acid groups is 1. The molecule has 1 aromatic rings. The molecule has 0 bridgehead atoms. The third-order valence-corrected chi connectivity index (χ3v) is 1.38. The van der Waals surface area contributed by atoms with Gasteiger partial charge in [0.25, 0.3) is 0 Å². The Morgan fingerprint density at radius 2 is 1.67 bits per heavy atom. The predicted octanol–water partition coefficient (Wildman–Crippen LogP) is 1.33. The van der Waals surface area contributed by atoms with Gasteiger partial charge in [-0.3, -0.25) is 4.98 Å². The summed E-state index contributed by atoms with van der Waals surface area (Å²) < 4.78 is 12.4. The molecule has 5 nitrogen and oxygen atoms in total. The first-order valence-electron chi connectivity index (χ1n) is 2.77. The molecule has 0 radical (unpaired) electrons. The molecule has 12 heavy (non-hydrogen) atoms. The van der Waals surface area contributed by atoms with Crippen molar-refractivity contribution in [3.8, 4) is 0 Å². The van der Waals surface area contributed by atoms with Crippen LogP contribution in [0.4, 0.5) is 0 Å². The van der Waals surface area contributed by atoms with Gasteiger partial charge in [-0.2, -0.15) is 4.08 Å². The normalized spacial score (nSPS) is 9.92. The molecule has 1 aromatic heterocycles. The SMILES string of the molecule is O=P(O)(O)OCl.c1ccncc1. The van der Waals surface area contributed by atoms with E-state index in [-0.39, 0.29) is 0 Å². The fourth-order valence-corrected chi connectivity index (χ4v) is 0.313. The van der Waals surface area contributed by atoms with Gasteiger partial charge in [-0.1, -0.05) is 6.07 Å². The number of rotatable bonds is 1. The summed E-state index contributed by atoms with van der Waals surface area (Å²) in [5.41, 5.74) is 0. The molecule has 0 atom stereocenters. The fourth-order valence-electron chi connectivity index (χ4n) is 0.313. The van der Waals surface area contributed by atoms with Crippen LogP contribution in [0.5, 0.6) is 0 Å². The minimum Gasteiger partial charge on any atom is -0.302 e. The van der Waals surface area contributed by atoms with E-state index in [1.807, 2.05) is 18.2 Å². The molecule has 0 aliphatic carbocycles. The maximum absolute atomic E-state index is 9.34. The van der Waals surface area contributed by atoms with Crippen LogP contribution in [0.25, 0.3) is 0 Å². The first-order chi connectivity index (χ1) is 5.56. The Morgan fingerprint density at radius 1 is 1.25 bits per heavy atom. The van der Waals surface area contributed by atoms with E-state index in [0.29, 0.717) is 0 Å². The number of halogens is 1. The molecular formula is C5H7ClNO4P. The summed E-state index contributed by atoms with van der Waals surface area (Å²) in [6, 6.07) is 5.72. The molecule has 0 unspecified atom stereocenters. The summed E-state index contributed by atoms with van der Waals surface area (Å²) >= 11 is 4.21. The molecule has 0 aliphatic rings. The molecular weight excluding hydrogens is 204 g/mol. The van der Waals surface area contributed by atoms with Crippen LogP contribution in [-0.4, -0.2) is 14.8 Å². The Labute approximate surface area is 74.4 Å². The minimum atomic E-state index is -4.38. The van der Waals surface area contributed by atoms with Crippen LogP contribution in [0.15, 0.2) is 30.6 Å². The maximum atomic E-state index is 9.34. The zero-order valence-corrected chi connectivity index (χ0v) is 7.52. The zero-order valence-electron chi connectivity index (χ0n) is 5.87. The molecule has 0 aliphatic heterocycles. The third-order valence-electron chi connectivity index (χ3n) is 0.656. The van der Waals surface area contributed by atoms with Crippen LogP contribution in [0.3, 0.4) is 0 Å². The van der Waals surface area contributed by atoms with Crippen molar-refractivity contribution in [1.82, 2.24) is 4.98 Å². The lowest BCUT2D eigenvalue weighted by molar-refractivity contribution is 0.292. The van der Waals surface area contributed by atoms with Gasteiger partial charge in [0.05, 0.1) is 11.9 Å². The van der Waals surface area contributed by atoms with Crippen molar-refractivity contribution in [2.24, 2.45) is 0 Å². The number of hydrogen-bond acceptors (Lipinski definition) is 3. The minimum absolute atomic E-state index is 1.75. The summed E-state index contributed by atoms with van der Waals surface area (Å²) in [4.78, 5) is 19.0. The van der Waals surface area contributed by atoms with Gasteiger partial charge in [-0.25, -0.2) is 4.57 Å². The molecule has 0 saturated heterocycles. The smallest absolute Gasteiger partial charge is 0.302 e. The highest BCUT2D eigenvalue weighted by Gasteiger charge is 2.10. The van der Waals surface area contributed by atoms with E-state index in [0.717, 1.165) is 0 Å². The fraction of sp³-hybridized carbons (Fsp3) is 0. The monoisotopic (exact) mass is 211 g/mol. The Morgan fingerprint density at radius 3 is 1.75 bits per heavy atom. The molecule has 0 saturated carbocycles. The number of aromatic nitrogens is 1. The van der Waals surface area contributed by atoms with Gasteiger partial charge >= 0.3 is 7.82 Å². The Bertz CT molecular complexity index is 212. The highest BCUT2D eigenvalue weighted by atomic mass is 35.5. The van der Waals surface area contributed by atoms with E-state index in [4.69, 9.17) is 9.79 Å². The van der Waals surface area contributed by atoms with Crippen LogP contribution in [0.1, 0.15) is 0 Å². The number of nitrogens with zero attached hydrogens (tertiary/aromatic N) is 1. The second kappa shape index (κ2) is 6.11. The first kappa shape index (κ1) is 11.6. The van der Waals surface area contributed by atoms with Crippen molar-refractivity contribution < 1.29 is 18.4 Å². The van der Waals surface area contributed by atoms with E-state index in [1.54, 1.807) is 12.4 Å². The Hall–Kier alpha value is -0.450. The average molecular weight is 212 g/mol. The molecule has 1 heterocycles. The summed E-state index contributed by atoms with van der Waals surface area (Å²) in [5, 5.41) is 0. The highest BCUT2D eigenvalue weighted by Crippen LogP contribution is 2.36. The summed E-state index contributed by atoms with van der Waals surface area (Å²) in [6.07, 6.45) is 3.50. The highest BCUT2D eigenvalue weighted by molar-refractivity contribution is 7.47. The van der Waals surface area contributed by atoms with E-state index in [2.05, 4.69) is 20.9 Å². The van der Waals surface area contributed by atoms with Crippen LogP contribution in [0, 0.1) is 0 Å². The standard InChI is InChI=1S/C5H5N.ClH2O4P/c1-2-4-6-5-3-1;1-5-6(2,3)4/h1-5H;(H2,2,3,4). The maximum Gasteiger partial charge on any atom is 0.486 e. The van der Waals surface area contributed by atoms with Gasteiger partial charge in [0.15, 0.2) is 0 Å². The van der Waals surface area contributed by atoms with Gasteiger partial charge in [0.1, 0.15) is 0 Å². The average Bonchev–Trinajstić information content (AvgIpc) is 2.07. The largest absolute Gasteiger partial charge is 0.486 e. The van der Waals surface area contributed by atoms with Crippen LogP contribution in [0.2, 0.25) is 0 Å². The van der Waals surface area contributed by atoms with Gasteiger partial charge in [0.2, 0.25) is 0 Å². The quantitative estimate of drug-likeness (QED) is 0.685. The molecule has 2 N–H and O–H groups in total. The van der Waals surface area contributed by atoms with Gasteiger partial charge in [0, 0.05) is 12.4 Å². The number of pyridine rings is 1. The lowest BCUT2D eigenvalue weighted by Crippen LogP contribution is -1.70. The predicted molar refractivity (Wildman–Crippen MR) is 43.2 cm³/mol. The summed E-state index contributed by atoms with van der Waals surface area (Å²) in [5.74, 6) is 0. The van der Waals surface area contributed by atoms with Gasteiger partial charge < -0.3 is 9.79 Å². The zero-order chi connectivity index (χ0) is 9.45. The summed E-state index contributed by atoms with van der Waals surface area (Å²) in [6.45, 7) is 0. The Balaban J connectivity index is 0.000000202. The van der Waals surface area contributed by atoms with Gasteiger partial charge in [-0.15, -0.1) is 0 Å². The first-order valence-corrected chi connectivity index (χ1v) is 4.61. The van der Waals surface area contributed by atoms with Crippen LogP contribution < -0.4 is 0 Å². The lowest BCUT2D eigenvalue weighted by atomic mass is 10.5. The lowest BCUT2D eigenvalue weighted by Gasteiger charge is -1.89.